The number of benzene rings is 1. The minimum atomic E-state index is -0.411. The Morgan fingerprint density at radius 3 is 2.56 bits per heavy atom. The number of rotatable bonds is 2. The molecule has 0 saturated carbocycles. The van der Waals surface area contributed by atoms with E-state index in [1.54, 1.807) is 6.07 Å². The van der Waals surface area contributed by atoms with Gasteiger partial charge in [0.1, 0.15) is 5.82 Å². The first-order valence-corrected chi connectivity index (χ1v) is 5.51. The Morgan fingerprint density at radius 2 is 2.00 bits per heavy atom. The fourth-order valence-corrected chi connectivity index (χ4v) is 2.12. The smallest absolute Gasteiger partial charge is 0.123 e. The molecular formula is C13H17FN2. The van der Waals surface area contributed by atoms with E-state index >= 15 is 0 Å². The van der Waals surface area contributed by atoms with Gasteiger partial charge in [-0.1, -0.05) is 0 Å². The van der Waals surface area contributed by atoms with Gasteiger partial charge in [0.25, 0.3) is 0 Å². The zero-order chi connectivity index (χ0) is 11.9. The summed E-state index contributed by atoms with van der Waals surface area (Å²) in [5.41, 5.74) is 7.79. The average molecular weight is 220 g/mol. The standard InChI is InChI=1S/C13H17FN2/c1-4-16-11-6-5-10(14)7-9(11)8-12(16)13(2,3)15/h5-8H,4,15H2,1-3H3. The Morgan fingerprint density at radius 1 is 1.31 bits per heavy atom. The van der Waals surface area contributed by atoms with Gasteiger partial charge in [0, 0.05) is 23.1 Å². The fourth-order valence-electron chi connectivity index (χ4n) is 2.12. The third-order valence-corrected chi connectivity index (χ3v) is 2.84. The molecule has 0 bridgehead atoms. The van der Waals surface area contributed by atoms with E-state index in [0.717, 1.165) is 23.1 Å². The second-order valence-electron chi connectivity index (χ2n) is 4.70. The molecule has 0 amide bonds. The van der Waals surface area contributed by atoms with Crippen LogP contribution in [0.5, 0.6) is 0 Å². The van der Waals surface area contributed by atoms with Crippen molar-refractivity contribution in [3.05, 3.63) is 35.8 Å². The fraction of sp³-hybridized carbons (Fsp3) is 0.385. The molecule has 1 heterocycles. The highest BCUT2D eigenvalue weighted by molar-refractivity contribution is 5.81. The third-order valence-electron chi connectivity index (χ3n) is 2.84. The molecule has 0 aliphatic carbocycles. The van der Waals surface area contributed by atoms with E-state index in [0.29, 0.717) is 0 Å². The number of nitrogens with two attached hydrogens (primary N) is 1. The minimum absolute atomic E-state index is 0.206. The van der Waals surface area contributed by atoms with E-state index in [1.165, 1.54) is 6.07 Å². The van der Waals surface area contributed by atoms with Crippen LogP contribution in [0.2, 0.25) is 0 Å². The van der Waals surface area contributed by atoms with Crippen molar-refractivity contribution in [2.45, 2.75) is 32.9 Å². The Balaban J connectivity index is 2.76. The molecule has 3 heteroatoms. The van der Waals surface area contributed by atoms with Crippen molar-refractivity contribution in [3.63, 3.8) is 0 Å². The van der Waals surface area contributed by atoms with E-state index in [4.69, 9.17) is 5.73 Å². The molecule has 0 atom stereocenters. The Bertz CT molecular complexity index is 520. The molecule has 0 aliphatic heterocycles. The van der Waals surface area contributed by atoms with Crippen molar-refractivity contribution in [3.8, 4) is 0 Å². The van der Waals surface area contributed by atoms with Crippen molar-refractivity contribution >= 4 is 10.9 Å². The molecule has 16 heavy (non-hydrogen) atoms. The predicted octanol–water partition coefficient (Wildman–Crippen LogP) is 2.99. The highest BCUT2D eigenvalue weighted by Crippen LogP contribution is 2.27. The normalized spacial score (nSPS) is 12.3. The molecule has 0 saturated heterocycles. The zero-order valence-corrected chi connectivity index (χ0v) is 9.92. The molecule has 0 spiro atoms. The van der Waals surface area contributed by atoms with Crippen LogP contribution in [0.1, 0.15) is 26.5 Å². The first-order valence-electron chi connectivity index (χ1n) is 5.51. The van der Waals surface area contributed by atoms with Gasteiger partial charge in [0.2, 0.25) is 0 Å². The maximum absolute atomic E-state index is 13.1. The van der Waals surface area contributed by atoms with Gasteiger partial charge in [-0.3, -0.25) is 0 Å². The predicted molar refractivity (Wildman–Crippen MR) is 64.8 cm³/mol. The second kappa shape index (κ2) is 3.59. The summed E-state index contributed by atoms with van der Waals surface area (Å²) in [6.45, 7) is 6.83. The average Bonchev–Trinajstić information content (AvgIpc) is 2.54. The van der Waals surface area contributed by atoms with Gasteiger partial charge in [0.05, 0.1) is 5.54 Å². The van der Waals surface area contributed by atoms with Crippen molar-refractivity contribution in [2.75, 3.05) is 0 Å². The highest BCUT2D eigenvalue weighted by atomic mass is 19.1. The molecule has 86 valence electrons. The van der Waals surface area contributed by atoms with Crippen molar-refractivity contribution in [1.29, 1.82) is 0 Å². The summed E-state index contributed by atoms with van der Waals surface area (Å²) in [4.78, 5) is 0. The van der Waals surface area contributed by atoms with Gasteiger partial charge in [-0.25, -0.2) is 4.39 Å². The van der Waals surface area contributed by atoms with Crippen LogP contribution < -0.4 is 5.73 Å². The summed E-state index contributed by atoms with van der Waals surface area (Å²) in [6.07, 6.45) is 0. The SMILES string of the molecule is CCn1c(C(C)(C)N)cc2cc(F)ccc21. The van der Waals surface area contributed by atoms with Crippen molar-refractivity contribution < 1.29 is 4.39 Å². The van der Waals surface area contributed by atoms with Gasteiger partial charge < -0.3 is 10.3 Å². The number of hydrogen-bond donors (Lipinski definition) is 1. The summed E-state index contributed by atoms with van der Waals surface area (Å²) >= 11 is 0. The molecule has 2 nitrogen and oxygen atoms in total. The van der Waals surface area contributed by atoms with Crippen LogP contribution in [0.15, 0.2) is 24.3 Å². The Kier molecular flexibility index (Phi) is 2.50. The van der Waals surface area contributed by atoms with Crippen molar-refractivity contribution in [2.24, 2.45) is 5.73 Å². The van der Waals surface area contributed by atoms with Crippen LogP contribution in [0.25, 0.3) is 10.9 Å². The molecule has 0 unspecified atom stereocenters. The number of fused-ring (bicyclic) bond motifs is 1. The van der Waals surface area contributed by atoms with Gasteiger partial charge in [0.15, 0.2) is 0 Å². The number of hydrogen-bond acceptors (Lipinski definition) is 1. The largest absolute Gasteiger partial charge is 0.343 e. The van der Waals surface area contributed by atoms with Crippen LogP contribution >= 0.6 is 0 Å². The molecule has 1 aromatic carbocycles. The summed E-state index contributed by atoms with van der Waals surface area (Å²) in [5.74, 6) is -0.206. The maximum Gasteiger partial charge on any atom is 0.123 e. The van der Waals surface area contributed by atoms with Gasteiger partial charge in [-0.2, -0.15) is 0 Å². The molecule has 2 N–H and O–H groups in total. The van der Waals surface area contributed by atoms with E-state index in [-0.39, 0.29) is 5.82 Å². The molecule has 2 aromatic rings. The topological polar surface area (TPSA) is 30.9 Å². The number of aromatic nitrogens is 1. The lowest BCUT2D eigenvalue weighted by Gasteiger charge is -2.21. The summed E-state index contributed by atoms with van der Waals surface area (Å²) in [7, 11) is 0. The van der Waals surface area contributed by atoms with E-state index < -0.39 is 5.54 Å². The minimum Gasteiger partial charge on any atom is -0.343 e. The zero-order valence-electron chi connectivity index (χ0n) is 9.92. The maximum atomic E-state index is 13.1. The van der Waals surface area contributed by atoms with Crippen LogP contribution in [0, 0.1) is 5.82 Å². The molecule has 0 aliphatic rings. The van der Waals surface area contributed by atoms with Crippen LogP contribution in [0.3, 0.4) is 0 Å². The monoisotopic (exact) mass is 220 g/mol. The van der Waals surface area contributed by atoms with Gasteiger partial charge in [-0.15, -0.1) is 0 Å². The third kappa shape index (κ3) is 1.71. The Labute approximate surface area is 94.9 Å². The van der Waals surface area contributed by atoms with E-state index in [2.05, 4.69) is 11.5 Å². The second-order valence-corrected chi connectivity index (χ2v) is 4.70. The Hall–Kier alpha value is -1.35. The van der Waals surface area contributed by atoms with Gasteiger partial charge >= 0.3 is 0 Å². The lowest BCUT2D eigenvalue weighted by molar-refractivity contribution is 0.504. The van der Waals surface area contributed by atoms with Gasteiger partial charge in [-0.05, 0) is 45.0 Å². The quantitative estimate of drug-likeness (QED) is 0.828. The summed E-state index contributed by atoms with van der Waals surface area (Å²) in [5, 5.41) is 0.912. The number of nitrogens with zero attached hydrogens (tertiary/aromatic N) is 1. The first kappa shape index (κ1) is 11.1. The summed E-state index contributed by atoms with van der Waals surface area (Å²) < 4.78 is 15.3. The highest BCUT2D eigenvalue weighted by Gasteiger charge is 2.20. The number of aryl methyl sites for hydroxylation is 1. The van der Waals surface area contributed by atoms with Crippen LogP contribution in [0.4, 0.5) is 4.39 Å². The number of halogens is 1. The first-order chi connectivity index (χ1) is 7.43. The van der Waals surface area contributed by atoms with Crippen LogP contribution in [-0.2, 0) is 12.1 Å². The molecule has 2 rings (SSSR count). The molecule has 0 radical (unpaired) electrons. The van der Waals surface area contributed by atoms with E-state index in [1.807, 2.05) is 26.0 Å². The molecule has 0 fully saturated rings. The lowest BCUT2D eigenvalue weighted by atomic mass is 10.0. The summed E-state index contributed by atoms with van der Waals surface area (Å²) in [6, 6.07) is 6.82. The lowest BCUT2D eigenvalue weighted by Crippen LogP contribution is -2.31. The van der Waals surface area contributed by atoms with Crippen molar-refractivity contribution in [1.82, 2.24) is 4.57 Å². The molecular weight excluding hydrogens is 203 g/mol. The molecule has 1 aromatic heterocycles. The van der Waals surface area contributed by atoms with Crippen LogP contribution in [-0.4, -0.2) is 4.57 Å². The van der Waals surface area contributed by atoms with E-state index in [9.17, 15) is 4.39 Å².